The Balaban J connectivity index is 1.33. The van der Waals surface area contributed by atoms with E-state index >= 15 is 0 Å². The Morgan fingerprint density at radius 3 is 2.57 bits per heavy atom. The van der Waals surface area contributed by atoms with Gasteiger partial charge in [0, 0.05) is 19.5 Å². The van der Waals surface area contributed by atoms with Crippen molar-refractivity contribution in [2.24, 2.45) is 23.7 Å². The summed E-state index contributed by atoms with van der Waals surface area (Å²) in [6, 6.07) is 4.95. The number of hydrogen-bond donors (Lipinski definition) is 0. The van der Waals surface area contributed by atoms with Crippen molar-refractivity contribution in [2.45, 2.75) is 32.1 Å². The Morgan fingerprint density at radius 2 is 1.96 bits per heavy atom. The third-order valence-corrected chi connectivity index (χ3v) is 6.33. The Bertz CT molecular complexity index is 599. The zero-order chi connectivity index (χ0) is 16.0. The van der Waals surface area contributed by atoms with Crippen LogP contribution >= 0.6 is 0 Å². The molecule has 3 aliphatic rings. The first kappa shape index (κ1) is 15.0. The van der Waals surface area contributed by atoms with Gasteiger partial charge < -0.3 is 9.64 Å². The van der Waals surface area contributed by atoms with Gasteiger partial charge in [0.25, 0.3) is 0 Å². The highest BCUT2D eigenvalue weighted by Crippen LogP contribution is 2.55. The lowest BCUT2D eigenvalue weighted by Gasteiger charge is -2.22. The van der Waals surface area contributed by atoms with Crippen molar-refractivity contribution >= 4 is 5.91 Å². The molecule has 1 aromatic rings. The van der Waals surface area contributed by atoms with Crippen molar-refractivity contribution in [1.29, 1.82) is 0 Å². The highest BCUT2D eigenvalue weighted by atomic mass is 19.1. The molecule has 124 valence electrons. The molecule has 0 aromatic heterocycles. The molecule has 2 bridgehead atoms. The van der Waals surface area contributed by atoms with E-state index in [1.807, 2.05) is 6.07 Å². The van der Waals surface area contributed by atoms with Gasteiger partial charge in [-0.2, -0.15) is 0 Å². The second kappa shape index (κ2) is 5.81. The molecule has 2 saturated carbocycles. The smallest absolute Gasteiger partial charge is 0.222 e. The van der Waals surface area contributed by atoms with Gasteiger partial charge in [-0.25, -0.2) is 4.39 Å². The third kappa shape index (κ3) is 2.62. The number of carbonyl (C=O) groups is 1. The predicted octanol–water partition coefficient (Wildman–Crippen LogP) is 3.27. The van der Waals surface area contributed by atoms with Crippen LogP contribution in [-0.2, 0) is 11.2 Å². The molecular formula is C19H24FNO2. The van der Waals surface area contributed by atoms with Crippen LogP contribution in [0.5, 0.6) is 5.75 Å². The van der Waals surface area contributed by atoms with Crippen molar-refractivity contribution in [3.05, 3.63) is 29.6 Å². The quantitative estimate of drug-likeness (QED) is 0.853. The largest absolute Gasteiger partial charge is 0.494 e. The second-order valence-electron chi connectivity index (χ2n) is 7.43. The molecule has 3 fully saturated rings. The minimum absolute atomic E-state index is 0.232. The SMILES string of the molecule is COc1ccc(CCC(=O)N2C[C@@H]3[C@@H]4CC[C@@H](C4)[C@@H]3C2)cc1F. The van der Waals surface area contributed by atoms with Crippen LogP contribution in [0.1, 0.15) is 31.2 Å². The van der Waals surface area contributed by atoms with Crippen molar-refractivity contribution < 1.29 is 13.9 Å². The number of nitrogens with zero attached hydrogens (tertiary/aromatic N) is 1. The number of benzene rings is 1. The number of halogens is 1. The highest BCUT2D eigenvalue weighted by molar-refractivity contribution is 5.76. The molecule has 4 atom stereocenters. The number of rotatable bonds is 4. The summed E-state index contributed by atoms with van der Waals surface area (Å²) < 4.78 is 18.6. The molecule has 0 unspecified atom stereocenters. The summed E-state index contributed by atoms with van der Waals surface area (Å²) in [6.07, 6.45) is 5.22. The number of amides is 1. The number of fused-ring (bicyclic) bond motifs is 5. The summed E-state index contributed by atoms with van der Waals surface area (Å²) >= 11 is 0. The maximum atomic E-state index is 13.7. The van der Waals surface area contributed by atoms with Crippen LogP contribution in [0.15, 0.2) is 18.2 Å². The first-order chi connectivity index (χ1) is 11.2. The number of ether oxygens (including phenoxy) is 1. The van der Waals surface area contributed by atoms with Gasteiger partial charge in [0.2, 0.25) is 5.91 Å². The van der Waals surface area contributed by atoms with Crippen LogP contribution in [0.4, 0.5) is 4.39 Å². The molecule has 1 aliphatic heterocycles. The van der Waals surface area contributed by atoms with Gasteiger partial charge in [0.15, 0.2) is 11.6 Å². The molecule has 0 N–H and O–H groups in total. The topological polar surface area (TPSA) is 29.5 Å². The summed E-state index contributed by atoms with van der Waals surface area (Å²) in [5.74, 6) is 3.40. The molecule has 23 heavy (non-hydrogen) atoms. The molecule has 0 radical (unpaired) electrons. The van der Waals surface area contributed by atoms with Crippen LogP contribution in [-0.4, -0.2) is 31.0 Å². The van der Waals surface area contributed by atoms with E-state index in [9.17, 15) is 9.18 Å². The van der Waals surface area contributed by atoms with Crippen LogP contribution in [0.25, 0.3) is 0 Å². The second-order valence-corrected chi connectivity index (χ2v) is 7.43. The van der Waals surface area contributed by atoms with Crippen LogP contribution in [0, 0.1) is 29.5 Å². The molecule has 1 aromatic carbocycles. The fourth-order valence-corrected chi connectivity index (χ4v) is 5.16. The average Bonchev–Trinajstić information content (AvgIpc) is 3.24. The molecule has 3 nitrogen and oxygen atoms in total. The van der Waals surface area contributed by atoms with E-state index in [-0.39, 0.29) is 17.5 Å². The van der Waals surface area contributed by atoms with Gasteiger partial charge in [-0.05, 0) is 67.1 Å². The zero-order valence-corrected chi connectivity index (χ0v) is 13.6. The number of hydrogen-bond acceptors (Lipinski definition) is 2. The number of aryl methyl sites for hydroxylation is 1. The summed E-state index contributed by atoms with van der Waals surface area (Å²) in [7, 11) is 1.46. The van der Waals surface area contributed by atoms with Crippen LogP contribution in [0.3, 0.4) is 0 Å². The fraction of sp³-hybridized carbons (Fsp3) is 0.632. The van der Waals surface area contributed by atoms with E-state index in [4.69, 9.17) is 4.74 Å². The van der Waals surface area contributed by atoms with Crippen molar-refractivity contribution in [1.82, 2.24) is 4.90 Å². The normalized spacial score (nSPS) is 31.5. The Morgan fingerprint density at radius 1 is 1.26 bits per heavy atom. The standard InChI is InChI=1S/C19H24FNO2/c1-23-18-6-2-12(8-17(18)20)3-7-19(22)21-10-15-13-4-5-14(9-13)16(15)11-21/h2,6,8,13-16H,3-5,7,9-11H2,1H3/t13-,14+,15-,16+. The minimum atomic E-state index is -0.357. The summed E-state index contributed by atoms with van der Waals surface area (Å²) in [5.41, 5.74) is 0.858. The molecular weight excluding hydrogens is 293 g/mol. The molecule has 2 aliphatic carbocycles. The summed E-state index contributed by atoms with van der Waals surface area (Å²) in [6.45, 7) is 1.92. The van der Waals surface area contributed by atoms with Crippen molar-refractivity contribution in [2.75, 3.05) is 20.2 Å². The summed E-state index contributed by atoms with van der Waals surface area (Å²) in [4.78, 5) is 14.6. The lowest BCUT2D eigenvalue weighted by atomic mass is 9.82. The lowest BCUT2D eigenvalue weighted by Crippen LogP contribution is -2.30. The molecule has 1 heterocycles. The van der Waals surface area contributed by atoms with E-state index in [2.05, 4.69) is 4.90 Å². The monoisotopic (exact) mass is 317 g/mol. The number of likely N-dealkylation sites (tertiary alicyclic amines) is 1. The molecule has 4 heteroatoms. The van der Waals surface area contributed by atoms with E-state index in [1.165, 1.54) is 32.4 Å². The number of methoxy groups -OCH3 is 1. The van der Waals surface area contributed by atoms with E-state index < -0.39 is 0 Å². The van der Waals surface area contributed by atoms with E-state index in [1.54, 1.807) is 6.07 Å². The van der Waals surface area contributed by atoms with Crippen molar-refractivity contribution in [3.63, 3.8) is 0 Å². The van der Waals surface area contributed by atoms with Gasteiger partial charge in [0.1, 0.15) is 0 Å². The van der Waals surface area contributed by atoms with Crippen LogP contribution < -0.4 is 4.74 Å². The Kier molecular flexibility index (Phi) is 3.78. The number of carbonyl (C=O) groups excluding carboxylic acids is 1. The van der Waals surface area contributed by atoms with E-state index in [0.29, 0.717) is 12.8 Å². The first-order valence-corrected chi connectivity index (χ1v) is 8.76. The Hall–Kier alpha value is -1.58. The van der Waals surface area contributed by atoms with E-state index in [0.717, 1.165) is 42.3 Å². The summed E-state index contributed by atoms with van der Waals surface area (Å²) in [5, 5.41) is 0. The zero-order valence-electron chi connectivity index (χ0n) is 13.6. The third-order valence-electron chi connectivity index (χ3n) is 6.33. The van der Waals surface area contributed by atoms with Gasteiger partial charge in [-0.15, -0.1) is 0 Å². The first-order valence-electron chi connectivity index (χ1n) is 8.76. The predicted molar refractivity (Wildman–Crippen MR) is 85.7 cm³/mol. The molecule has 0 spiro atoms. The molecule has 1 saturated heterocycles. The average molecular weight is 317 g/mol. The maximum absolute atomic E-state index is 13.7. The van der Waals surface area contributed by atoms with Crippen molar-refractivity contribution in [3.8, 4) is 5.75 Å². The maximum Gasteiger partial charge on any atom is 0.222 e. The van der Waals surface area contributed by atoms with Gasteiger partial charge in [-0.3, -0.25) is 4.79 Å². The highest BCUT2D eigenvalue weighted by Gasteiger charge is 2.52. The van der Waals surface area contributed by atoms with Crippen LogP contribution in [0.2, 0.25) is 0 Å². The molecule has 1 amide bonds. The van der Waals surface area contributed by atoms with Gasteiger partial charge in [-0.1, -0.05) is 6.07 Å². The lowest BCUT2D eigenvalue weighted by molar-refractivity contribution is -0.130. The fourth-order valence-electron chi connectivity index (χ4n) is 5.16. The Labute approximate surface area is 136 Å². The molecule has 4 rings (SSSR count). The van der Waals surface area contributed by atoms with Gasteiger partial charge in [0.05, 0.1) is 7.11 Å². The minimum Gasteiger partial charge on any atom is -0.494 e. The van der Waals surface area contributed by atoms with Gasteiger partial charge >= 0.3 is 0 Å².